The van der Waals surface area contributed by atoms with Crippen molar-refractivity contribution in [2.75, 3.05) is 6.54 Å². The first-order valence-corrected chi connectivity index (χ1v) is 6.66. The predicted molar refractivity (Wildman–Crippen MR) is 73.8 cm³/mol. The first-order chi connectivity index (χ1) is 8.84. The summed E-state index contributed by atoms with van der Waals surface area (Å²) in [5, 5.41) is 4.33. The molecule has 0 aliphatic heterocycles. The molecule has 0 spiro atoms. The highest BCUT2D eigenvalue weighted by Gasteiger charge is 2.19. The second-order valence-electron chi connectivity index (χ2n) is 4.97. The molecule has 0 saturated heterocycles. The van der Waals surface area contributed by atoms with E-state index in [0.717, 1.165) is 36.5 Å². The third kappa shape index (κ3) is 2.46. The number of para-hydroxylation sites is 1. The largest absolute Gasteiger partial charge is 0.347 e. The van der Waals surface area contributed by atoms with Crippen molar-refractivity contribution in [1.29, 1.82) is 0 Å². The second kappa shape index (κ2) is 4.94. The monoisotopic (exact) mass is 242 g/mol. The molecule has 18 heavy (non-hydrogen) atoms. The Balaban J connectivity index is 1.74. The molecule has 0 atom stereocenters. The summed E-state index contributed by atoms with van der Waals surface area (Å²) in [6.07, 6.45) is 5.67. The Morgan fingerprint density at radius 3 is 2.89 bits per heavy atom. The minimum atomic E-state index is 0.109. The maximum atomic E-state index is 11.7. The van der Waals surface area contributed by atoms with Crippen LogP contribution in [-0.2, 0) is 6.54 Å². The maximum absolute atomic E-state index is 11.7. The molecular weight excluding hydrogens is 224 g/mol. The van der Waals surface area contributed by atoms with Crippen LogP contribution in [0.4, 0.5) is 0 Å². The molecule has 1 N–H and O–H groups in total. The van der Waals surface area contributed by atoms with Crippen molar-refractivity contribution < 1.29 is 0 Å². The average Bonchev–Trinajstić information content (AvgIpc) is 3.21. The quantitative estimate of drug-likeness (QED) is 0.815. The molecule has 0 unspecified atom stereocenters. The van der Waals surface area contributed by atoms with Gasteiger partial charge in [0.1, 0.15) is 0 Å². The molecule has 0 amide bonds. The van der Waals surface area contributed by atoms with Gasteiger partial charge < -0.3 is 9.88 Å². The van der Waals surface area contributed by atoms with Gasteiger partial charge in [-0.05, 0) is 37.9 Å². The molecule has 2 aromatic rings. The summed E-state index contributed by atoms with van der Waals surface area (Å²) < 4.78 is 2.17. The van der Waals surface area contributed by atoms with E-state index in [1.54, 1.807) is 6.07 Å². The maximum Gasteiger partial charge on any atom is 0.189 e. The van der Waals surface area contributed by atoms with Crippen LogP contribution in [-0.4, -0.2) is 17.2 Å². The molecule has 1 aromatic carbocycles. The van der Waals surface area contributed by atoms with E-state index in [0.29, 0.717) is 0 Å². The van der Waals surface area contributed by atoms with Crippen molar-refractivity contribution in [2.24, 2.45) is 0 Å². The van der Waals surface area contributed by atoms with Crippen molar-refractivity contribution >= 4 is 10.9 Å². The van der Waals surface area contributed by atoms with Gasteiger partial charge in [0.25, 0.3) is 0 Å². The van der Waals surface area contributed by atoms with E-state index in [-0.39, 0.29) is 5.43 Å². The van der Waals surface area contributed by atoms with E-state index in [9.17, 15) is 4.79 Å². The number of rotatable bonds is 5. The van der Waals surface area contributed by atoms with Gasteiger partial charge in [0.05, 0.1) is 5.52 Å². The Labute approximate surface area is 106 Å². The lowest BCUT2D eigenvalue weighted by atomic mass is 10.2. The fourth-order valence-corrected chi connectivity index (χ4v) is 2.30. The standard InChI is InChI=1S/C15H18N2O/c18-15-8-11-17(10-3-9-16-12-6-7-12)14-5-2-1-4-13(14)15/h1-2,4-5,8,11-12,16H,3,6-7,9-10H2. The number of benzene rings is 1. The van der Waals surface area contributed by atoms with Crippen LogP contribution in [0.1, 0.15) is 19.3 Å². The Hall–Kier alpha value is -1.61. The summed E-state index contributed by atoms with van der Waals surface area (Å²) in [4.78, 5) is 11.7. The van der Waals surface area contributed by atoms with Crippen LogP contribution in [0.5, 0.6) is 0 Å². The van der Waals surface area contributed by atoms with Gasteiger partial charge in [-0.25, -0.2) is 0 Å². The third-order valence-electron chi connectivity index (χ3n) is 3.47. The molecule has 3 rings (SSSR count). The molecule has 1 saturated carbocycles. The van der Waals surface area contributed by atoms with Gasteiger partial charge in [-0.2, -0.15) is 0 Å². The topological polar surface area (TPSA) is 34.0 Å². The Morgan fingerprint density at radius 1 is 1.22 bits per heavy atom. The summed E-state index contributed by atoms with van der Waals surface area (Å²) in [7, 11) is 0. The van der Waals surface area contributed by atoms with Gasteiger partial charge in [-0.3, -0.25) is 4.79 Å². The molecule has 1 fully saturated rings. The van der Waals surface area contributed by atoms with Gasteiger partial charge in [0.15, 0.2) is 5.43 Å². The van der Waals surface area contributed by atoms with E-state index in [2.05, 4.69) is 9.88 Å². The highest BCUT2D eigenvalue weighted by molar-refractivity contribution is 5.78. The van der Waals surface area contributed by atoms with Gasteiger partial charge in [-0.15, -0.1) is 0 Å². The zero-order valence-electron chi connectivity index (χ0n) is 10.4. The first kappa shape index (κ1) is 11.5. The van der Waals surface area contributed by atoms with Gasteiger partial charge in [0, 0.05) is 30.2 Å². The van der Waals surface area contributed by atoms with Crippen molar-refractivity contribution in [3.8, 4) is 0 Å². The normalized spacial score (nSPS) is 15.1. The molecule has 1 aromatic heterocycles. The number of aromatic nitrogens is 1. The minimum Gasteiger partial charge on any atom is -0.347 e. The molecule has 3 nitrogen and oxygen atoms in total. The number of aryl methyl sites for hydroxylation is 1. The molecule has 1 aliphatic rings. The third-order valence-corrected chi connectivity index (χ3v) is 3.47. The fourth-order valence-electron chi connectivity index (χ4n) is 2.30. The zero-order valence-corrected chi connectivity index (χ0v) is 10.4. The number of hydrogen-bond donors (Lipinski definition) is 1. The van der Waals surface area contributed by atoms with Crippen LogP contribution in [0, 0.1) is 0 Å². The van der Waals surface area contributed by atoms with Gasteiger partial charge in [-0.1, -0.05) is 12.1 Å². The molecule has 1 heterocycles. The molecule has 3 heteroatoms. The SMILES string of the molecule is O=c1ccn(CCCNC2CC2)c2ccccc12. The van der Waals surface area contributed by atoms with Crippen LogP contribution < -0.4 is 10.7 Å². The fraction of sp³-hybridized carbons (Fsp3) is 0.400. The Kier molecular flexibility index (Phi) is 3.15. The van der Waals surface area contributed by atoms with E-state index in [1.165, 1.54) is 12.8 Å². The lowest BCUT2D eigenvalue weighted by Crippen LogP contribution is -2.19. The van der Waals surface area contributed by atoms with Crippen molar-refractivity contribution in [3.05, 3.63) is 46.8 Å². The smallest absolute Gasteiger partial charge is 0.189 e. The number of fused-ring (bicyclic) bond motifs is 1. The van der Waals surface area contributed by atoms with E-state index >= 15 is 0 Å². The average molecular weight is 242 g/mol. The van der Waals surface area contributed by atoms with Crippen molar-refractivity contribution in [2.45, 2.75) is 31.8 Å². The molecule has 0 radical (unpaired) electrons. The summed E-state index contributed by atoms with van der Waals surface area (Å²) in [6.45, 7) is 2.02. The van der Waals surface area contributed by atoms with Gasteiger partial charge >= 0.3 is 0 Å². The lowest BCUT2D eigenvalue weighted by Gasteiger charge is -2.10. The summed E-state index contributed by atoms with van der Waals surface area (Å²) in [6, 6.07) is 10.3. The Morgan fingerprint density at radius 2 is 2.06 bits per heavy atom. The zero-order chi connectivity index (χ0) is 12.4. The van der Waals surface area contributed by atoms with Crippen LogP contribution in [0.15, 0.2) is 41.3 Å². The molecular formula is C15H18N2O. The van der Waals surface area contributed by atoms with Crippen molar-refractivity contribution in [1.82, 2.24) is 9.88 Å². The molecule has 94 valence electrons. The summed E-state index contributed by atoms with van der Waals surface area (Å²) >= 11 is 0. The number of pyridine rings is 1. The lowest BCUT2D eigenvalue weighted by molar-refractivity contribution is 0.586. The second-order valence-corrected chi connectivity index (χ2v) is 4.97. The van der Waals surface area contributed by atoms with Crippen molar-refractivity contribution in [3.63, 3.8) is 0 Å². The van der Waals surface area contributed by atoms with E-state index in [4.69, 9.17) is 0 Å². The van der Waals surface area contributed by atoms with E-state index < -0.39 is 0 Å². The van der Waals surface area contributed by atoms with Crippen LogP contribution in [0.3, 0.4) is 0 Å². The van der Waals surface area contributed by atoms with Gasteiger partial charge in [0.2, 0.25) is 0 Å². The van der Waals surface area contributed by atoms with Crippen LogP contribution in [0.2, 0.25) is 0 Å². The Bertz CT molecular complexity index is 599. The summed E-state index contributed by atoms with van der Waals surface area (Å²) in [5.41, 5.74) is 1.15. The summed E-state index contributed by atoms with van der Waals surface area (Å²) in [5.74, 6) is 0. The predicted octanol–water partition coefficient (Wildman–Crippen LogP) is 2.14. The highest BCUT2D eigenvalue weighted by atomic mass is 16.1. The minimum absolute atomic E-state index is 0.109. The number of hydrogen-bond acceptors (Lipinski definition) is 2. The molecule has 1 aliphatic carbocycles. The highest BCUT2D eigenvalue weighted by Crippen LogP contribution is 2.18. The van der Waals surface area contributed by atoms with Crippen LogP contribution in [0.25, 0.3) is 10.9 Å². The van der Waals surface area contributed by atoms with Crippen LogP contribution >= 0.6 is 0 Å². The number of nitrogens with one attached hydrogen (secondary N) is 1. The molecule has 0 bridgehead atoms. The first-order valence-electron chi connectivity index (χ1n) is 6.66. The van der Waals surface area contributed by atoms with E-state index in [1.807, 2.05) is 30.5 Å². The number of nitrogens with zero attached hydrogens (tertiary/aromatic N) is 1.